The summed E-state index contributed by atoms with van der Waals surface area (Å²) in [6.45, 7) is -2.09. The molecule has 0 aliphatic carbocycles. The molecule has 8 heteroatoms. The molecule has 0 unspecified atom stereocenters. The van der Waals surface area contributed by atoms with E-state index in [9.17, 15) is 22.0 Å². The lowest BCUT2D eigenvalue weighted by Crippen LogP contribution is -2.19. The summed E-state index contributed by atoms with van der Waals surface area (Å²) >= 11 is 0. The lowest BCUT2D eigenvalue weighted by atomic mass is 10.1. The van der Waals surface area contributed by atoms with Gasteiger partial charge in [0, 0.05) is 17.3 Å². The highest BCUT2D eigenvalue weighted by atomic mass is 19.4. The van der Waals surface area contributed by atoms with Crippen molar-refractivity contribution in [1.29, 1.82) is 0 Å². The number of aliphatic hydroxyl groups is 1. The molecule has 0 saturated heterocycles. The van der Waals surface area contributed by atoms with Gasteiger partial charge in [-0.3, -0.25) is 0 Å². The molecule has 16 heavy (non-hydrogen) atoms. The number of hydrogen-bond donors (Lipinski definition) is 1. The van der Waals surface area contributed by atoms with Crippen molar-refractivity contribution in [3.63, 3.8) is 0 Å². The van der Waals surface area contributed by atoms with Crippen LogP contribution in [0.5, 0.6) is 5.88 Å². The maximum absolute atomic E-state index is 13.2. The zero-order valence-corrected chi connectivity index (χ0v) is 7.68. The van der Waals surface area contributed by atoms with Gasteiger partial charge in [0.25, 0.3) is 5.88 Å². The van der Waals surface area contributed by atoms with Gasteiger partial charge in [-0.25, -0.2) is 13.8 Å². The van der Waals surface area contributed by atoms with Crippen LogP contribution < -0.4 is 4.74 Å². The zero-order valence-electron chi connectivity index (χ0n) is 7.68. The number of alkyl halides is 4. The molecular weight excluding hydrogens is 237 g/mol. The smallest absolute Gasteiger partial charge is 0.392 e. The lowest BCUT2D eigenvalue weighted by molar-refractivity contribution is -0.277. The minimum atomic E-state index is -5.11. The van der Waals surface area contributed by atoms with E-state index in [1.165, 1.54) is 0 Å². The molecule has 1 N–H and O–H groups in total. The van der Waals surface area contributed by atoms with Gasteiger partial charge in [0.15, 0.2) is 5.82 Å². The first-order valence-corrected chi connectivity index (χ1v) is 3.98. The van der Waals surface area contributed by atoms with E-state index in [-0.39, 0.29) is 5.56 Å². The number of aromatic nitrogens is 1. The fourth-order valence-corrected chi connectivity index (χ4v) is 1.00. The maximum atomic E-state index is 13.2. The van der Waals surface area contributed by atoms with Crippen molar-refractivity contribution >= 4 is 0 Å². The summed E-state index contributed by atoms with van der Waals surface area (Å²) in [6, 6.07) is 0. The van der Waals surface area contributed by atoms with Crippen molar-refractivity contribution in [3.8, 4) is 5.88 Å². The Balaban J connectivity index is 3.14. The summed E-state index contributed by atoms with van der Waals surface area (Å²) in [4.78, 5) is 3.00. The van der Waals surface area contributed by atoms with Crippen LogP contribution in [0.4, 0.5) is 22.0 Å². The van der Waals surface area contributed by atoms with Gasteiger partial charge in [-0.2, -0.15) is 0 Å². The molecule has 90 valence electrons. The molecular formula is C8H6F5NO2. The first-order chi connectivity index (χ1) is 7.39. The maximum Gasteiger partial charge on any atom is 0.574 e. The molecule has 0 amide bonds. The SMILES string of the molecule is OCc1cnc(OC(F)(F)F)c(F)c1CF. The van der Waals surface area contributed by atoms with Gasteiger partial charge >= 0.3 is 6.36 Å². The van der Waals surface area contributed by atoms with Crippen LogP contribution in [0.25, 0.3) is 0 Å². The van der Waals surface area contributed by atoms with Crippen LogP contribution in [0, 0.1) is 5.82 Å². The summed E-state index contributed by atoms with van der Waals surface area (Å²) in [5, 5.41) is 8.66. The van der Waals surface area contributed by atoms with Crippen molar-refractivity contribution < 1.29 is 31.8 Å². The molecule has 0 aliphatic heterocycles. The number of aliphatic hydroxyl groups excluding tert-OH is 1. The molecule has 1 aromatic rings. The predicted octanol–water partition coefficient (Wildman–Crippen LogP) is 2.08. The van der Waals surface area contributed by atoms with Crippen LogP contribution >= 0.6 is 0 Å². The van der Waals surface area contributed by atoms with E-state index in [0.29, 0.717) is 0 Å². The average molecular weight is 243 g/mol. The number of nitrogens with zero attached hydrogens (tertiary/aromatic N) is 1. The van der Waals surface area contributed by atoms with E-state index in [1.54, 1.807) is 0 Å². The Hall–Kier alpha value is -1.44. The van der Waals surface area contributed by atoms with Crippen LogP contribution in [0.3, 0.4) is 0 Å². The number of pyridine rings is 1. The zero-order chi connectivity index (χ0) is 12.3. The minimum Gasteiger partial charge on any atom is -0.392 e. The second kappa shape index (κ2) is 4.60. The first kappa shape index (κ1) is 12.6. The van der Waals surface area contributed by atoms with Crippen molar-refractivity contribution in [3.05, 3.63) is 23.1 Å². The third-order valence-electron chi connectivity index (χ3n) is 1.69. The Morgan fingerprint density at radius 3 is 2.44 bits per heavy atom. The molecule has 3 nitrogen and oxygen atoms in total. The van der Waals surface area contributed by atoms with Gasteiger partial charge in [0.2, 0.25) is 0 Å². The molecule has 0 radical (unpaired) electrons. The molecule has 1 rings (SSSR count). The molecule has 1 aromatic heterocycles. The lowest BCUT2D eigenvalue weighted by Gasteiger charge is -2.11. The summed E-state index contributed by atoms with van der Waals surface area (Å²) in [5.41, 5.74) is -0.925. The Morgan fingerprint density at radius 2 is 2.00 bits per heavy atom. The van der Waals surface area contributed by atoms with Crippen molar-refractivity contribution in [2.75, 3.05) is 0 Å². The summed E-state index contributed by atoms with van der Waals surface area (Å²) < 4.78 is 64.1. The highest BCUT2D eigenvalue weighted by Crippen LogP contribution is 2.27. The largest absolute Gasteiger partial charge is 0.574 e. The van der Waals surface area contributed by atoms with E-state index in [2.05, 4.69) is 9.72 Å². The third kappa shape index (κ3) is 2.78. The minimum absolute atomic E-state index is 0.227. The van der Waals surface area contributed by atoms with Crippen LogP contribution in [0.2, 0.25) is 0 Å². The quantitative estimate of drug-likeness (QED) is 0.826. The van der Waals surface area contributed by atoms with Gasteiger partial charge < -0.3 is 9.84 Å². The Labute approximate surface area is 86.5 Å². The second-order valence-corrected chi connectivity index (χ2v) is 2.72. The second-order valence-electron chi connectivity index (χ2n) is 2.72. The van der Waals surface area contributed by atoms with E-state index in [4.69, 9.17) is 5.11 Å². The predicted molar refractivity (Wildman–Crippen MR) is 41.6 cm³/mol. The normalized spacial score (nSPS) is 11.6. The summed E-state index contributed by atoms with van der Waals surface area (Å²) in [6.07, 6.45) is -4.39. The monoisotopic (exact) mass is 243 g/mol. The molecule has 0 aromatic carbocycles. The van der Waals surface area contributed by atoms with Crippen molar-refractivity contribution in [2.45, 2.75) is 19.6 Å². The molecule has 1 heterocycles. The van der Waals surface area contributed by atoms with Gasteiger partial charge in [-0.15, -0.1) is 13.2 Å². The first-order valence-electron chi connectivity index (χ1n) is 3.98. The van der Waals surface area contributed by atoms with Gasteiger partial charge in [0.05, 0.1) is 6.61 Å². The van der Waals surface area contributed by atoms with Gasteiger partial charge in [-0.1, -0.05) is 0 Å². The van der Waals surface area contributed by atoms with E-state index < -0.39 is 36.9 Å². The van der Waals surface area contributed by atoms with Crippen LogP contribution in [-0.2, 0) is 13.3 Å². The van der Waals surface area contributed by atoms with Gasteiger partial charge in [-0.05, 0) is 0 Å². The highest BCUT2D eigenvalue weighted by Gasteiger charge is 2.34. The van der Waals surface area contributed by atoms with Crippen LogP contribution in [0.15, 0.2) is 6.20 Å². The van der Waals surface area contributed by atoms with E-state index in [1.807, 2.05) is 0 Å². The highest BCUT2D eigenvalue weighted by molar-refractivity contribution is 5.30. The molecule has 0 bridgehead atoms. The fourth-order valence-electron chi connectivity index (χ4n) is 1.00. The van der Waals surface area contributed by atoms with Crippen LogP contribution in [0.1, 0.15) is 11.1 Å². The van der Waals surface area contributed by atoms with Crippen LogP contribution in [-0.4, -0.2) is 16.5 Å². The summed E-state index contributed by atoms with van der Waals surface area (Å²) in [5.74, 6) is -2.93. The summed E-state index contributed by atoms with van der Waals surface area (Å²) in [7, 11) is 0. The topological polar surface area (TPSA) is 42.4 Å². The molecule has 0 aliphatic rings. The molecule has 0 spiro atoms. The fraction of sp³-hybridized carbons (Fsp3) is 0.375. The van der Waals surface area contributed by atoms with Gasteiger partial charge in [0.1, 0.15) is 6.67 Å². The number of rotatable bonds is 3. The number of halogens is 5. The van der Waals surface area contributed by atoms with Crippen molar-refractivity contribution in [1.82, 2.24) is 4.98 Å². The molecule has 0 atom stereocenters. The Bertz CT molecular complexity index is 379. The standard InChI is InChI=1S/C8H6F5NO2/c9-1-5-4(3-15)2-14-7(6(5)10)16-8(11,12)13/h2,15H,1,3H2. The van der Waals surface area contributed by atoms with E-state index >= 15 is 0 Å². The Kier molecular flexibility index (Phi) is 3.63. The van der Waals surface area contributed by atoms with Crippen molar-refractivity contribution in [2.24, 2.45) is 0 Å². The third-order valence-corrected chi connectivity index (χ3v) is 1.69. The molecule has 0 fully saturated rings. The Morgan fingerprint density at radius 1 is 1.38 bits per heavy atom. The number of hydrogen-bond acceptors (Lipinski definition) is 3. The number of ether oxygens (including phenoxy) is 1. The van der Waals surface area contributed by atoms with E-state index in [0.717, 1.165) is 6.20 Å². The molecule has 0 saturated carbocycles. The average Bonchev–Trinajstić information content (AvgIpc) is 2.19.